The highest BCUT2D eigenvalue weighted by Crippen LogP contribution is 2.29. The van der Waals surface area contributed by atoms with E-state index in [-0.39, 0.29) is 23.4 Å². The summed E-state index contributed by atoms with van der Waals surface area (Å²) in [4.78, 5) is 22.3. The van der Waals surface area contributed by atoms with E-state index in [0.717, 1.165) is 29.3 Å². The summed E-state index contributed by atoms with van der Waals surface area (Å²) in [7, 11) is -1.81. The topological polar surface area (TPSA) is 121 Å². The van der Waals surface area contributed by atoms with Crippen molar-refractivity contribution in [3.63, 3.8) is 0 Å². The smallest absolute Gasteiger partial charge is 0.270 e. The monoisotopic (exact) mass is 515 g/mol. The van der Waals surface area contributed by atoms with E-state index in [1.165, 1.54) is 31.4 Å². The van der Waals surface area contributed by atoms with Crippen LogP contribution in [-0.2, 0) is 23.5 Å². The number of carbonyl (C=O) groups is 1. The van der Waals surface area contributed by atoms with Crippen LogP contribution < -0.4 is 9.46 Å². The van der Waals surface area contributed by atoms with Crippen molar-refractivity contribution in [2.45, 2.75) is 11.3 Å². The lowest BCUT2D eigenvalue weighted by molar-refractivity contribution is -0.384. The van der Waals surface area contributed by atoms with Crippen LogP contribution in [0.3, 0.4) is 0 Å². The molecule has 0 spiro atoms. The maximum absolute atomic E-state index is 14.0. The quantitative estimate of drug-likeness (QED) is 0.293. The van der Waals surface area contributed by atoms with Gasteiger partial charge in [-0.2, -0.15) is 0 Å². The first-order valence-corrected chi connectivity index (χ1v) is 11.9. The van der Waals surface area contributed by atoms with Gasteiger partial charge in [0.15, 0.2) is 4.90 Å². The summed E-state index contributed by atoms with van der Waals surface area (Å²) in [6.07, 6.45) is 2.04. The molecule has 1 amide bonds. The number of ether oxygens (including phenoxy) is 1. The average Bonchev–Trinajstić information content (AvgIpc) is 3.12. The third-order valence-corrected chi connectivity index (χ3v) is 6.97. The van der Waals surface area contributed by atoms with Crippen molar-refractivity contribution in [2.75, 3.05) is 7.11 Å². The summed E-state index contributed by atoms with van der Waals surface area (Å²) in [6.45, 7) is 0. The van der Waals surface area contributed by atoms with Gasteiger partial charge in [0, 0.05) is 36.3 Å². The Hall–Kier alpha value is -4.32. The standard InChI is InChI=1S/C24H19F2N3O6S/c1-28-13-15(17-12-16(29(31)32)7-8-21(17)28)10-14-6-9-22(35-2)18(11-14)24(30)27-36(33,34)23-19(25)4-3-5-20(23)26/h3-9,11-13H,10H2,1-2H3,(H,27,30). The Balaban J connectivity index is 1.69. The van der Waals surface area contributed by atoms with Crippen LogP contribution in [0.2, 0.25) is 0 Å². The second kappa shape index (κ2) is 9.38. The van der Waals surface area contributed by atoms with Gasteiger partial charge in [-0.25, -0.2) is 21.9 Å². The predicted octanol–water partition coefficient (Wildman–Crippen LogP) is 4.08. The first-order valence-electron chi connectivity index (χ1n) is 10.4. The molecule has 0 bridgehead atoms. The number of rotatable bonds is 7. The maximum atomic E-state index is 14.0. The maximum Gasteiger partial charge on any atom is 0.270 e. The van der Waals surface area contributed by atoms with Gasteiger partial charge in [-0.1, -0.05) is 12.1 Å². The van der Waals surface area contributed by atoms with Gasteiger partial charge in [0.2, 0.25) is 0 Å². The highest BCUT2D eigenvalue weighted by atomic mass is 32.2. The summed E-state index contributed by atoms with van der Waals surface area (Å²) in [6, 6.07) is 11.5. The number of nitrogens with one attached hydrogen (secondary N) is 1. The number of aromatic nitrogens is 1. The van der Waals surface area contributed by atoms with E-state index < -0.39 is 37.4 Å². The van der Waals surface area contributed by atoms with E-state index in [0.29, 0.717) is 10.9 Å². The van der Waals surface area contributed by atoms with E-state index in [1.54, 1.807) is 34.7 Å². The van der Waals surface area contributed by atoms with Gasteiger partial charge in [-0.3, -0.25) is 14.9 Å². The van der Waals surface area contributed by atoms with E-state index in [1.807, 2.05) is 0 Å². The first-order chi connectivity index (χ1) is 17.0. The van der Waals surface area contributed by atoms with Crippen molar-refractivity contribution < 1.29 is 31.7 Å². The number of carbonyl (C=O) groups excluding carboxylic acids is 1. The van der Waals surface area contributed by atoms with Crippen LogP contribution in [0.1, 0.15) is 21.5 Å². The fourth-order valence-electron chi connectivity index (χ4n) is 3.95. The Labute approximate surface area is 204 Å². The molecular formula is C24H19F2N3O6S. The number of nitro groups is 1. The number of halogens is 2. The summed E-state index contributed by atoms with van der Waals surface area (Å²) < 4.78 is 61.8. The molecule has 0 fully saturated rings. The first kappa shape index (κ1) is 24.8. The number of aryl methyl sites for hydroxylation is 1. The normalized spacial score (nSPS) is 11.4. The molecule has 0 saturated heterocycles. The van der Waals surface area contributed by atoms with Crippen LogP contribution >= 0.6 is 0 Å². The van der Waals surface area contributed by atoms with Crippen LogP contribution in [0.15, 0.2) is 65.7 Å². The Morgan fingerprint density at radius 1 is 1.11 bits per heavy atom. The number of nitrogens with zero attached hydrogens (tertiary/aromatic N) is 2. The van der Waals surface area contributed by atoms with Gasteiger partial charge in [0.25, 0.3) is 21.6 Å². The molecule has 0 saturated carbocycles. The highest BCUT2D eigenvalue weighted by molar-refractivity contribution is 7.90. The summed E-state index contributed by atoms with van der Waals surface area (Å²) in [5, 5.41) is 11.9. The lowest BCUT2D eigenvalue weighted by Gasteiger charge is -2.12. The third kappa shape index (κ3) is 4.62. The molecule has 0 aliphatic carbocycles. The third-order valence-electron chi connectivity index (χ3n) is 5.58. The SMILES string of the molecule is COc1ccc(Cc2cn(C)c3ccc([N+](=O)[O-])cc23)cc1C(=O)NS(=O)(=O)c1c(F)cccc1F. The van der Waals surface area contributed by atoms with Gasteiger partial charge < -0.3 is 9.30 Å². The van der Waals surface area contributed by atoms with Crippen LogP contribution in [-0.4, -0.2) is 30.9 Å². The molecule has 0 aliphatic rings. The summed E-state index contributed by atoms with van der Waals surface area (Å²) >= 11 is 0. The molecule has 0 unspecified atom stereocenters. The Morgan fingerprint density at radius 2 is 1.81 bits per heavy atom. The molecule has 3 aromatic carbocycles. The lowest BCUT2D eigenvalue weighted by atomic mass is 10.0. The molecular weight excluding hydrogens is 496 g/mol. The minimum atomic E-state index is -4.88. The highest BCUT2D eigenvalue weighted by Gasteiger charge is 2.27. The number of nitro benzene ring substituents is 1. The number of fused-ring (bicyclic) bond motifs is 1. The van der Waals surface area contributed by atoms with Crippen LogP contribution in [0.25, 0.3) is 10.9 Å². The van der Waals surface area contributed by atoms with Gasteiger partial charge in [-0.15, -0.1) is 0 Å². The molecule has 0 atom stereocenters. The molecule has 1 heterocycles. The summed E-state index contributed by atoms with van der Waals surface area (Å²) in [5.41, 5.74) is 1.81. The fraction of sp³-hybridized carbons (Fsp3) is 0.125. The van der Waals surface area contributed by atoms with Crippen molar-refractivity contribution >= 4 is 32.5 Å². The van der Waals surface area contributed by atoms with E-state index in [9.17, 15) is 32.1 Å². The van der Waals surface area contributed by atoms with Crippen molar-refractivity contribution in [1.82, 2.24) is 9.29 Å². The number of methoxy groups -OCH3 is 1. The van der Waals surface area contributed by atoms with Gasteiger partial charge >= 0.3 is 0 Å². The van der Waals surface area contributed by atoms with Gasteiger partial charge in [0.1, 0.15) is 17.4 Å². The van der Waals surface area contributed by atoms with Crippen molar-refractivity contribution in [3.05, 3.63) is 99.2 Å². The molecule has 4 aromatic rings. The Morgan fingerprint density at radius 3 is 2.44 bits per heavy atom. The zero-order valence-corrected chi connectivity index (χ0v) is 19.8. The van der Waals surface area contributed by atoms with Gasteiger partial charge in [-0.05, 0) is 47.9 Å². The zero-order valence-electron chi connectivity index (χ0n) is 19.0. The van der Waals surface area contributed by atoms with E-state index >= 15 is 0 Å². The number of hydrogen-bond donors (Lipinski definition) is 1. The number of sulfonamides is 1. The number of amides is 1. The van der Waals surface area contributed by atoms with Crippen LogP contribution in [0.4, 0.5) is 14.5 Å². The van der Waals surface area contributed by atoms with E-state index in [2.05, 4.69) is 0 Å². The fourth-order valence-corrected chi connectivity index (χ4v) is 5.05. The molecule has 9 nitrogen and oxygen atoms in total. The zero-order chi connectivity index (χ0) is 26.2. The Bertz CT molecular complexity index is 1610. The minimum Gasteiger partial charge on any atom is -0.496 e. The number of non-ortho nitro benzene ring substituents is 1. The molecule has 0 aliphatic heterocycles. The molecule has 0 radical (unpaired) electrons. The molecule has 12 heteroatoms. The molecule has 4 rings (SSSR count). The lowest BCUT2D eigenvalue weighted by Crippen LogP contribution is -2.32. The summed E-state index contributed by atoms with van der Waals surface area (Å²) in [5.74, 6) is -3.80. The minimum absolute atomic E-state index is 0.0361. The van der Waals surface area contributed by atoms with Crippen molar-refractivity contribution in [1.29, 1.82) is 0 Å². The van der Waals surface area contributed by atoms with Crippen molar-refractivity contribution in [2.24, 2.45) is 7.05 Å². The van der Waals surface area contributed by atoms with Crippen LogP contribution in [0.5, 0.6) is 5.75 Å². The second-order valence-electron chi connectivity index (χ2n) is 7.92. The average molecular weight is 515 g/mol. The second-order valence-corrected chi connectivity index (χ2v) is 9.54. The van der Waals surface area contributed by atoms with Crippen molar-refractivity contribution in [3.8, 4) is 5.75 Å². The number of benzene rings is 3. The Kier molecular flexibility index (Phi) is 6.46. The van der Waals surface area contributed by atoms with Gasteiger partial charge in [0.05, 0.1) is 17.6 Å². The molecule has 1 aromatic heterocycles. The largest absolute Gasteiger partial charge is 0.496 e. The number of hydrogen-bond acceptors (Lipinski definition) is 6. The van der Waals surface area contributed by atoms with Crippen LogP contribution in [0, 0.1) is 21.7 Å². The molecule has 186 valence electrons. The predicted molar refractivity (Wildman–Crippen MR) is 126 cm³/mol. The molecule has 1 N–H and O–H groups in total. The molecule has 36 heavy (non-hydrogen) atoms. The van der Waals surface area contributed by atoms with E-state index in [4.69, 9.17) is 4.74 Å².